The molecule has 0 saturated carbocycles. The minimum atomic E-state index is -0.0119. The van der Waals surface area contributed by atoms with E-state index in [1.165, 1.54) is 5.56 Å². The molecular weight excluding hydrogens is 377 g/mol. The van der Waals surface area contributed by atoms with E-state index in [0.29, 0.717) is 18.9 Å². The maximum Gasteiger partial charge on any atom is 0.226 e. The van der Waals surface area contributed by atoms with Crippen molar-refractivity contribution < 1.29 is 4.79 Å². The van der Waals surface area contributed by atoms with Gasteiger partial charge in [0.1, 0.15) is 5.01 Å². The third-order valence-electron chi connectivity index (χ3n) is 3.56. The third-order valence-corrected chi connectivity index (χ3v) is 4.50. The van der Waals surface area contributed by atoms with Crippen molar-refractivity contribution in [3.05, 3.63) is 40.9 Å². The summed E-state index contributed by atoms with van der Waals surface area (Å²) >= 11 is 1.57. The molecule has 0 aliphatic heterocycles. The van der Waals surface area contributed by atoms with E-state index < -0.39 is 0 Å². The van der Waals surface area contributed by atoms with E-state index in [2.05, 4.69) is 43.2 Å². The molecular formula is C18H27Cl2N3OS. The maximum absolute atomic E-state index is 12.2. The fourth-order valence-corrected chi connectivity index (χ4v) is 3.34. The molecule has 0 aliphatic carbocycles. The molecule has 1 atom stereocenters. The van der Waals surface area contributed by atoms with Crippen molar-refractivity contribution in [2.75, 3.05) is 6.54 Å². The fourth-order valence-electron chi connectivity index (χ4n) is 2.53. The van der Waals surface area contributed by atoms with Crippen LogP contribution in [0, 0.1) is 12.8 Å². The molecule has 140 valence electrons. The van der Waals surface area contributed by atoms with Gasteiger partial charge in [-0.25, -0.2) is 4.98 Å². The molecule has 0 aliphatic rings. The number of nitrogens with two attached hydrogens (primary N) is 1. The van der Waals surface area contributed by atoms with Crippen molar-refractivity contribution in [1.29, 1.82) is 0 Å². The molecule has 4 nitrogen and oxygen atoms in total. The van der Waals surface area contributed by atoms with Gasteiger partial charge in [0.15, 0.2) is 0 Å². The van der Waals surface area contributed by atoms with Gasteiger partial charge in [-0.05, 0) is 25.3 Å². The van der Waals surface area contributed by atoms with Gasteiger partial charge in [0, 0.05) is 23.5 Å². The van der Waals surface area contributed by atoms with Crippen molar-refractivity contribution in [2.24, 2.45) is 11.7 Å². The Morgan fingerprint density at radius 1 is 1.32 bits per heavy atom. The van der Waals surface area contributed by atoms with Gasteiger partial charge in [-0.1, -0.05) is 37.6 Å². The normalized spacial score (nSPS) is 11.4. The van der Waals surface area contributed by atoms with Crippen LogP contribution in [0.4, 0.5) is 0 Å². The Balaban J connectivity index is 0.00000288. The van der Waals surface area contributed by atoms with Crippen molar-refractivity contribution in [3.63, 3.8) is 0 Å². The summed E-state index contributed by atoms with van der Waals surface area (Å²) in [6, 6.07) is 8.28. The average Bonchev–Trinajstić information content (AvgIpc) is 2.94. The second-order valence-corrected chi connectivity index (χ2v) is 7.18. The Hall–Kier alpha value is -1.14. The van der Waals surface area contributed by atoms with Crippen LogP contribution in [0.3, 0.4) is 0 Å². The van der Waals surface area contributed by atoms with E-state index in [-0.39, 0.29) is 36.8 Å². The summed E-state index contributed by atoms with van der Waals surface area (Å²) in [6.45, 7) is 6.79. The molecule has 1 unspecified atom stereocenters. The minimum Gasteiger partial charge on any atom is -0.352 e. The summed E-state index contributed by atoms with van der Waals surface area (Å²) in [5, 5.41) is 5.91. The van der Waals surface area contributed by atoms with Crippen LogP contribution in [0.2, 0.25) is 0 Å². The molecule has 0 fully saturated rings. The van der Waals surface area contributed by atoms with Crippen molar-refractivity contribution >= 4 is 42.1 Å². The summed E-state index contributed by atoms with van der Waals surface area (Å²) in [4.78, 5) is 16.7. The van der Waals surface area contributed by atoms with Crippen LogP contribution in [0.1, 0.15) is 31.5 Å². The van der Waals surface area contributed by atoms with Crippen LogP contribution in [0.25, 0.3) is 10.6 Å². The van der Waals surface area contributed by atoms with Crippen molar-refractivity contribution in [2.45, 2.75) is 39.7 Å². The van der Waals surface area contributed by atoms with Crippen LogP contribution < -0.4 is 11.1 Å². The highest BCUT2D eigenvalue weighted by Crippen LogP contribution is 2.24. The largest absolute Gasteiger partial charge is 0.352 e. The summed E-state index contributed by atoms with van der Waals surface area (Å²) in [7, 11) is 0. The van der Waals surface area contributed by atoms with E-state index in [1.807, 2.05) is 17.5 Å². The first kappa shape index (κ1) is 23.9. The number of nitrogens with one attached hydrogen (secondary N) is 1. The highest BCUT2D eigenvalue weighted by atomic mass is 35.5. The van der Waals surface area contributed by atoms with Crippen molar-refractivity contribution in [1.82, 2.24) is 10.3 Å². The third kappa shape index (κ3) is 7.74. The number of aromatic nitrogens is 1. The van der Waals surface area contributed by atoms with E-state index in [9.17, 15) is 4.79 Å². The lowest BCUT2D eigenvalue weighted by molar-refractivity contribution is -0.121. The zero-order chi connectivity index (χ0) is 16.8. The van der Waals surface area contributed by atoms with Crippen molar-refractivity contribution in [3.8, 4) is 10.6 Å². The Kier molecular flexibility index (Phi) is 10.9. The second-order valence-electron chi connectivity index (χ2n) is 6.32. The van der Waals surface area contributed by atoms with Crippen LogP contribution in [-0.4, -0.2) is 23.5 Å². The molecule has 7 heteroatoms. The first-order chi connectivity index (χ1) is 11.0. The Bertz CT molecular complexity index is 661. The van der Waals surface area contributed by atoms with Gasteiger partial charge in [0.05, 0.1) is 12.1 Å². The topological polar surface area (TPSA) is 68.0 Å². The summed E-state index contributed by atoms with van der Waals surface area (Å²) < 4.78 is 0. The number of aryl methyl sites for hydroxylation is 1. The number of halogens is 2. The Labute approximate surface area is 166 Å². The predicted molar refractivity (Wildman–Crippen MR) is 111 cm³/mol. The average molecular weight is 404 g/mol. The molecule has 1 aromatic heterocycles. The number of hydrogen-bond donors (Lipinski definition) is 2. The predicted octanol–water partition coefficient (Wildman–Crippen LogP) is 3.99. The second kappa shape index (κ2) is 11.5. The molecule has 0 radical (unpaired) electrons. The number of thiazole rings is 1. The van der Waals surface area contributed by atoms with Crippen LogP contribution >= 0.6 is 36.2 Å². The van der Waals surface area contributed by atoms with Gasteiger partial charge in [-0.2, -0.15) is 0 Å². The highest BCUT2D eigenvalue weighted by molar-refractivity contribution is 7.13. The van der Waals surface area contributed by atoms with Crippen LogP contribution in [0.15, 0.2) is 29.6 Å². The molecule has 0 saturated heterocycles. The van der Waals surface area contributed by atoms with E-state index >= 15 is 0 Å². The molecule has 2 rings (SSSR count). The lowest BCUT2D eigenvalue weighted by atomic mass is 10.0. The summed E-state index contributed by atoms with van der Waals surface area (Å²) in [5.41, 5.74) is 8.84. The Morgan fingerprint density at radius 2 is 2.04 bits per heavy atom. The number of carbonyl (C=O) groups is 1. The number of benzene rings is 1. The van der Waals surface area contributed by atoms with Gasteiger partial charge in [0.25, 0.3) is 0 Å². The van der Waals surface area contributed by atoms with E-state index in [1.54, 1.807) is 11.3 Å². The first-order valence-corrected chi connectivity index (χ1v) is 8.86. The van der Waals surface area contributed by atoms with Crippen LogP contribution in [0.5, 0.6) is 0 Å². The molecule has 0 bridgehead atoms. The number of nitrogens with zero attached hydrogens (tertiary/aromatic N) is 1. The summed E-state index contributed by atoms with van der Waals surface area (Å²) in [6.07, 6.45) is 1.20. The summed E-state index contributed by atoms with van der Waals surface area (Å²) in [5.74, 6) is 0.498. The van der Waals surface area contributed by atoms with Crippen LogP contribution in [-0.2, 0) is 11.2 Å². The number of rotatable bonds is 7. The minimum absolute atomic E-state index is 0. The standard InChI is InChI=1S/C18H25N3OS.2ClH/c1-12(2)7-15(10-19)20-17(22)9-16-11-23-18(21-16)14-6-4-5-13(3)8-14;;/h4-6,8,11-12,15H,7,9-10,19H2,1-3H3,(H,20,22);2*1H. The number of carbonyl (C=O) groups excluding carboxylic acids is 1. The quantitative estimate of drug-likeness (QED) is 0.733. The molecule has 0 spiro atoms. The first-order valence-electron chi connectivity index (χ1n) is 7.98. The molecule has 1 amide bonds. The molecule has 3 N–H and O–H groups in total. The number of amides is 1. The fraction of sp³-hybridized carbons (Fsp3) is 0.444. The zero-order valence-corrected chi connectivity index (χ0v) is 17.3. The lowest BCUT2D eigenvalue weighted by Crippen LogP contribution is -2.41. The Morgan fingerprint density at radius 3 is 2.64 bits per heavy atom. The number of hydrogen-bond acceptors (Lipinski definition) is 4. The maximum atomic E-state index is 12.2. The zero-order valence-electron chi connectivity index (χ0n) is 14.8. The molecule has 1 heterocycles. The molecule has 25 heavy (non-hydrogen) atoms. The van der Waals surface area contributed by atoms with Gasteiger partial charge in [-0.3, -0.25) is 4.79 Å². The van der Waals surface area contributed by atoms with Gasteiger partial charge >= 0.3 is 0 Å². The monoisotopic (exact) mass is 403 g/mol. The smallest absolute Gasteiger partial charge is 0.226 e. The van der Waals surface area contributed by atoms with E-state index in [0.717, 1.165) is 22.7 Å². The lowest BCUT2D eigenvalue weighted by Gasteiger charge is -2.18. The van der Waals surface area contributed by atoms with Gasteiger partial charge in [0.2, 0.25) is 5.91 Å². The van der Waals surface area contributed by atoms with Gasteiger partial charge in [-0.15, -0.1) is 36.2 Å². The highest BCUT2D eigenvalue weighted by Gasteiger charge is 2.14. The molecule has 2 aromatic rings. The van der Waals surface area contributed by atoms with E-state index in [4.69, 9.17) is 5.73 Å². The molecule has 1 aromatic carbocycles. The SMILES string of the molecule is Cc1cccc(-c2nc(CC(=O)NC(CN)CC(C)C)cs2)c1.Cl.Cl. The van der Waals surface area contributed by atoms with Gasteiger partial charge < -0.3 is 11.1 Å².